The van der Waals surface area contributed by atoms with E-state index < -0.39 is 17.4 Å². The Balaban J connectivity index is 0.00000420. The summed E-state index contributed by atoms with van der Waals surface area (Å²) in [5.74, 6) is 0.123. The predicted molar refractivity (Wildman–Crippen MR) is 143 cm³/mol. The Bertz CT molecular complexity index is 1430. The number of benzene rings is 1. The lowest BCUT2D eigenvalue weighted by Gasteiger charge is -2.18. The Morgan fingerprint density at radius 2 is 1.97 bits per heavy atom. The van der Waals surface area contributed by atoms with Crippen molar-refractivity contribution in [2.24, 2.45) is 5.73 Å². The molecule has 0 aliphatic heterocycles. The van der Waals surface area contributed by atoms with E-state index in [1.54, 1.807) is 12.1 Å². The molecule has 0 unspecified atom stereocenters. The third-order valence-electron chi connectivity index (χ3n) is 5.63. The molecular formula is C25H30ClF3N8O2. The maximum absolute atomic E-state index is 13.4. The van der Waals surface area contributed by atoms with Crippen molar-refractivity contribution >= 4 is 35.5 Å². The van der Waals surface area contributed by atoms with Gasteiger partial charge in [0.05, 0.1) is 36.9 Å². The van der Waals surface area contributed by atoms with Gasteiger partial charge in [0.1, 0.15) is 5.69 Å². The number of carbonyl (C=O) groups excluding carboxylic acids is 1. The van der Waals surface area contributed by atoms with Gasteiger partial charge in [-0.3, -0.25) is 14.3 Å². The number of rotatable bonds is 10. The second kappa shape index (κ2) is 12.0. The molecule has 5 N–H and O–H groups in total. The number of hydrogen-bond acceptors (Lipinski definition) is 7. The van der Waals surface area contributed by atoms with Crippen LogP contribution in [0.3, 0.4) is 0 Å². The fourth-order valence-electron chi connectivity index (χ4n) is 3.89. The number of ether oxygens (including phenoxy) is 1. The number of aryl methyl sites for hydroxylation is 1. The number of amides is 1. The van der Waals surface area contributed by atoms with E-state index >= 15 is 0 Å². The summed E-state index contributed by atoms with van der Waals surface area (Å²) in [4.78, 5) is 21.3. The van der Waals surface area contributed by atoms with E-state index in [-0.39, 0.29) is 29.6 Å². The van der Waals surface area contributed by atoms with Gasteiger partial charge in [0.25, 0.3) is 5.91 Å². The van der Waals surface area contributed by atoms with Crippen molar-refractivity contribution in [1.82, 2.24) is 29.9 Å². The molecule has 4 aromatic rings. The largest absolute Gasteiger partial charge is 0.433 e. The number of aromatic nitrogens is 5. The van der Waals surface area contributed by atoms with Crippen LogP contribution in [0.4, 0.5) is 24.7 Å². The van der Waals surface area contributed by atoms with E-state index in [4.69, 9.17) is 10.5 Å². The highest BCUT2D eigenvalue weighted by Crippen LogP contribution is 2.36. The summed E-state index contributed by atoms with van der Waals surface area (Å²) in [5, 5.41) is 11.6. The molecule has 210 valence electrons. The predicted octanol–water partition coefficient (Wildman–Crippen LogP) is 4.35. The molecule has 0 spiro atoms. The van der Waals surface area contributed by atoms with Crippen LogP contribution in [-0.4, -0.2) is 55.8 Å². The molecule has 4 rings (SSSR count). The molecule has 0 bridgehead atoms. The summed E-state index contributed by atoms with van der Waals surface area (Å²) >= 11 is 0. The number of halogens is 4. The molecule has 0 aliphatic rings. The van der Waals surface area contributed by atoms with E-state index in [1.807, 2.05) is 31.9 Å². The number of alkyl halides is 3. The zero-order valence-corrected chi connectivity index (χ0v) is 22.4. The van der Waals surface area contributed by atoms with E-state index in [2.05, 4.69) is 25.7 Å². The zero-order chi connectivity index (χ0) is 27.5. The normalized spacial score (nSPS) is 11.9. The fourth-order valence-corrected chi connectivity index (χ4v) is 3.89. The number of nitrogens with zero attached hydrogens (tertiary/aromatic N) is 4. The summed E-state index contributed by atoms with van der Waals surface area (Å²) in [7, 11) is 0. The highest BCUT2D eigenvalue weighted by molar-refractivity contribution is 5.96. The van der Waals surface area contributed by atoms with Crippen LogP contribution in [-0.2, 0) is 17.3 Å². The average Bonchev–Trinajstić information content (AvgIpc) is 3.50. The number of H-pyrrole nitrogens is 1. The van der Waals surface area contributed by atoms with Crippen molar-refractivity contribution in [2.45, 2.75) is 38.9 Å². The summed E-state index contributed by atoms with van der Waals surface area (Å²) in [5.41, 5.74) is 6.89. The first-order valence-corrected chi connectivity index (χ1v) is 12.0. The molecule has 0 saturated heterocycles. The Labute approximate surface area is 229 Å². The molecule has 0 saturated carbocycles. The molecule has 0 radical (unpaired) electrons. The van der Waals surface area contributed by atoms with Crippen LogP contribution in [0.1, 0.15) is 42.4 Å². The molecule has 10 nitrogen and oxygen atoms in total. The molecule has 1 aromatic carbocycles. The standard InChI is InChI=1S/C25H29F3N8O2.ClH/c1-4-15-11-16(5-6-17(15)23(37)31-8-10-38-14-24(2,3)29)34-21-22-32-13-19(36(22)9-7-30-21)18-12-33-35-20(18)25(26,27)28;/h5-7,9,11-13H,4,8,10,14,29H2,1-3H3,(H,30,34)(H,31,37)(H,33,35);1H. The summed E-state index contributed by atoms with van der Waals surface area (Å²) in [6.07, 6.45) is 1.45. The SMILES string of the molecule is CCc1cc(Nc2nccn3c(-c4cn[nH]c4C(F)(F)F)cnc23)ccc1C(=O)NCCOCC(C)(C)N.Cl. The Morgan fingerprint density at radius 1 is 1.21 bits per heavy atom. The second-order valence-electron chi connectivity index (χ2n) is 9.42. The van der Waals surface area contributed by atoms with Gasteiger partial charge in [0, 0.05) is 35.7 Å². The van der Waals surface area contributed by atoms with Crippen molar-refractivity contribution in [3.8, 4) is 11.3 Å². The number of hydrogen-bond donors (Lipinski definition) is 4. The molecule has 0 aliphatic carbocycles. The lowest BCUT2D eigenvalue weighted by atomic mass is 10.0. The van der Waals surface area contributed by atoms with Crippen molar-refractivity contribution in [3.63, 3.8) is 0 Å². The van der Waals surface area contributed by atoms with Crippen LogP contribution in [0.5, 0.6) is 0 Å². The molecular weight excluding hydrogens is 537 g/mol. The Morgan fingerprint density at radius 3 is 2.67 bits per heavy atom. The van der Waals surface area contributed by atoms with Gasteiger partial charge in [-0.2, -0.15) is 18.3 Å². The van der Waals surface area contributed by atoms with Crippen LogP contribution in [0.2, 0.25) is 0 Å². The minimum absolute atomic E-state index is 0. The minimum Gasteiger partial charge on any atom is -0.378 e. The van der Waals surface area contributed by atoms with Crippen molar-refractivity contribution in [3.05, 3.63) is 59.8 Å². The van der Waals surface area contributed by atoms with E-state index in [1.165, 1.54) is 23.0 Å². The first kappa shape index (κ1) is 29.9. The van der Waals surface area contributed by atoms with E-state index in [0.717, 1.165) is 11.8 Å². The van der Waals surface area contributed by atoms with Gasteiger partial charge >= 0.3 is 6.18 Å². The molecule has 1 amide bonds. The lowest BCUT2D eigenvalue weighted by Crippen LogP contribution is -2.38. The fraction of sp³-hybridized carbons (Fsp3) is 0.360. The highest BCUT2D eigenvalue weighted by atomic mass is 35.5. The number of nitrogens with two attached hydrogens (primary N) is 1. The smallest absolute Gasteiger partial charge is 0.378 e. The molecule has 39 heavy (non-hydrogen) atoms. The van der Waals surface area contributed by atoms with Crippen LogP contribution in [0, 0.1) is 0 Å². The maximum Gasteiger partial charge on any atom is 0.433 e. The van der Waals surface area contributed by atoms with Crippen LogP contribution in [0.15, 0.2) is 43.0 Å². The van der Waals surface area contributed by atoms with Gasteiger partial charge in [-0.1, -0.05) is 6.92 Å². The number of fused-ring (bicyclic) bond motifs is 1. The van der Waals surface area contributed by atoms with Crippen LogP contribution in [0.25, 0.3) is 16.9 Å². The molecule has 0 fully saturated rings. The van der Waals surface area contributed by atoms with Gasteiger partial charge in [0.2, 0.25) is 0 Å². The third kappa shape index (κ3) is 7.05. The summed E-state index contributed by atoms with van der Waals surface area (Å²) < 4.78 is 47.1. The first-order chi connectivity index (χ1) is 18.0. The first-order valence-electron chi connectivity index (χ1n) is 12.0. The summed E-state index contributed by atoms with van der Waals surface area (Å²) in [6, 6.07) is 5.27. The number of carbonyl (C=O) groups is 1. The molecule has 14 heteroatoms. The number of aromatic amines is 1. The van der Waals surface area contributed by atoms with Crippen molar-refractivity contribution in [1.29, 1.82) is 0 Å². The number of imidazole rings is 1. The van der Waals surface area contributed by atoms with Crippen molar-refractivity contribution in [2.75, 3.05) is 25.1 Å². The minimum atomic E-state index is -4.59. The van der Waals surface area contributed by atoms with Gasteiger partial charge in [-0.25, -0.2) is 9.97 Å². The van der Waals surface area contributed by atoms with Crippen molar-refractivity contribution < 1.29 is 22.7 Å². The van der Waals surface area contributed by atoms with E-state index in [0.29, 0.717) is 48.9 Å². The van der Waals surface area contributed by atoms with Gasteiger partial charge in [0.15, 0.2) is 11.5 Å². The topological polar surface area (TPSA) is 135 Å². The van der Waals surface area contributed by atoms with E-state index in [9.17, 15) is 18.0 Å². The van der Waals surface area contributed by atoms with Crippen LogP contribution < -0.4 is 16.4 Å². The quantitative estimate of drug-likeness (QED) is 0.210. The Kier molecular flexibility index (Phi) is 9.20. The third-order valence-corrected chi connectivity index (χ3v) is 5.63. The molecule has 3 aromatic heterocycles. The lowest BCUT2D eigenvalue weighted by molar-refractivity contribution is -0.140. The van der Waals surface area contributed by atoms with Gasteiger partial charge < -0.3 is 21.1 Å². The Hall–Kier alpha value is -3.68. The van der Waals surface area contributed by atoms with Gasteiger partial charge in [-0.15, -0.1) is 12.4 Å². The van der Waals surface area contributed by atoms with Gasteiger partial charge in [-0.05, 0) is 44.0 Å². The average molecular weight is 567 g/mol. The maximum atomic E-state index is 13.4. The van der Waals surface area contributed by atoms with Crippen LogP contribution >= 0.6 is 12.4 Å². The second-order valence-corrected chi connectivity index (χ2v) is 9.42. The molecule has 0 atom stereocenters. The molecule has 3 heterocycles. The monoisotopic (exact) mass is 566 g/mol. The summed E-state index contributed by atoms with van der Waals surface area (Å²) in [6.45, 7) is 6.73. The zero-order valence-electron chi connectivity index (χ0n) is 21.6. The number of nitrogens with one attached hydrogen (secondary N) is 3. The number of anilines is 2. The highest BCUT2D eigenvalue weighted by Gasteiger charge is 2.36.